The smallest absolute Gasteiger partial charge is 0.226 e. The number of aromatic nitrogens is 2. The molecule has 2 aromatic carbocycles. The van der Waals surface area contributed by atoms with Crippen LogP contribution in [-0.4, -0.2) is 27.8 Å². The number of imidazole rings is 1. The Labute approximate surface area is 139 Å². The second-order valence-corrected chi connectivity index (χ2v) is 6.37. The van der Waals surface area contributed by atoms with E-state index in [0.29, 0.717) is 18.5 Å². The molecule has 3 aromatic rings. The van der Waals surface area contributed by atoms with Gasteiger partial charge in [0.2, 0.25) is 5.91 Å². The maximum atomic E-state index is 13.8. The normalized spacial score (nSPS) is 19.4. The van der Waals surface area contributed by atoms with Crippen molar-refractivity contribution in [1.82, 2.24) is 14.9 Å². The zero-order valence-corrected chi connectivity index (χ0v) is 13.4. The van der Waals surface area contributed by atoms with Crippen molar-refractivity contribution in [2.75, 3.05) is 7.05 Å². The second-order valence-electron chi connectivity index (χ2n) is 6.37. The monoisotopic (exact) mass is 323 g/mol. The van der Waals surface area contributed by atoms with E-state index in [1.54, 1.807) is 24.1 Å². The molecule has 0 saturated heterocycles. The zero-order chi connectivity index (χ0) is 16.7. The van der Waals surface area contributed by atoms with Crippen LogP contribution in [0.25, 0.3) is 11.0 Å². The molecule has 24 heavy (non-hydrogen) atoms. The lowest BCUT2D eigenvalue weighted by molar-refractivity contribution is -0.132. The van der Waals surface area contributed by atoms with Gasteiger partial charge >= 0.3 is 0 Å². The molecule has 1 aliphatic carbocycles. The predicted molar refractivity (Wildman–Crippen MR) is 89.8 cm³/mol. The van der Waals surface area contributed by atoms with E-state index in [4.69, 9.17) is 0 Å². The molecule has 2 atom stereocenters. The first kappa shape index (κ1) is 14.9. The lowest BCUT2D eigenvalue weighted by atomic mass is 10.1. The summed E-state index contributed by atoms with van der Waals surface area (Å²) < 4.78 is 13.8. The van der Waals surface area contributed by atoms with Gasteiger partial charge in [0.25, 0.3) is 0 Å². The summed E-state index contributed by atoms with van der Waals surface area (Å²) in [4.78, 5) is 22.0. The summed E-state index contributed by atoms with van der Waals surface area (Å²) in [7, 11) is 1.77. The third kappa shape index (κ3) is 2.66. The molecule has 0 unspecified atom stereocenters. The topological polar surface area (TPSA) is 49.0 Å². The first-order valence-corrected chi connectivity index (χ1v) is 8.06. The van der Waals surface area contributed by atoms with Gasteiger partial charge in [-0.1, -0.05) is 30.3 Å². The van der Waals surface area contributed by atoms with Crippen LogP contribution in [0.3, 0.4) is 0 Å². The standard InChI is InChI=1S/C19H18FN3O/c1-23(11-18-21-16-8-4-5-9-17(16)22-18)19(24)14-10-13(14)12-6-2-3-7-15(12)20/h2-9,13-14H,10-11H2,1H3,(H,21,22)/t13-,14+/m0/s1. The van der Waals surface area contributed by atoms with Crippen molar-refractivity contribution in [3.05, 3.63) is 65.7 Å². The third-order valence-electron chi connectivity index (χ3n) is 4.61. The van der Waals surface area contributed by atoms with Gasteiger partial charge in [-0.15, -0.1) is 0 Å². The maximum Gasteiger partial charge on any atom is 0.226 e. The predicted octanol–water partition coefficient (Wildman–Crippen LogP) is 3.46. The number of nitrogens with one attached hydrogen (secondary N) is 1. The van der Waals surface area contributed by atoms with Gasteiger partial charge in [-0.2, -0.15) is 0 Å². The summed E-state index contributed by atoms with van der Waals surface area (Å²) in [6.07, 6.45) is 0.713. The van der Waals surface area contributed by atoms with Crippen molar-refractivity contribution in [1.29, 1.82) is 0 Å². The Kier molecular flexibility index (Phi) is 3.56. The summed E-state index contributed by atoms with van der Waals surface area (Å²) in [6, 6.07) is 14.5. The summed E-state index contributed by atoms with van der Waals surface area (Å²) in [5.41, 5.74) is 2.50. The van der Waals surface area contributed by atoms with Crippen molar-refractivity contribution in [3.8, 4) is 0 Å². The number of fused-ring (bicyclic) bond motifs is 1. The van der Waals surface area contributed by atoms with Gasteiger partial charge in [-0.3, -0.25) is 4.79 Å². The fourth-order valence-electron chi connectivity index (χ4n) is 3.25. The van der Waals surface area contributed by atoms with Crippen LogP contribution in [0, 0.1) is 11.7 Å². The van der Waals surface area contributed by atoms with Gasteiger partial charge in [0, 0.05) is 13.0 Å². The summed E-state index contributed by atoms with van der Waals surface area (Å²) in [5, 5.41) is 0. The molecule has 4 rings (SSSR count). The molecule has 1 amide bonds. The van der Waals surface area contributed by atoms with E-state index >= 15 is 0 Å². The lowest BCUT2D eigenvalue weighted by Gasteiger charge is -2.15. The van der Waals surface area contributed by atoms with Crippen molar-refractivity contribution < 1.29 is 9.18 Å². The van der Waals surface area contributed by atoms with E-state index in [2.05, 4.69) is 9.97 Å². The van der Waals surface area contributed by atoms with Crippen molar-refractivity contribution >= 4 is 16.9 Å². The molecule has 1 heterocycles. The van der Waals surface area contributed by atoms with Gasteiger partial charge in [-0.25, -0.2) is 9.37 Å². The highest BCUT2D eigenvalue weighted by Crippen LogP contribution is 2.49. The summed E-state index contributed by atoms with van der Waals surface area (Å²) >= 11 is 0. The molecule has 0 spiro atoms. The van der Waals surface area contributed by atoms with Crippen LogP contribution in [-0.2, 0) is 11.3 Å². The van der Waals surface area contributed by atoms with Crippen LogP contribution < -0.4 is 0 Å². The average Bonchev–Trinajstić information content (AvgIpc) is 3.26. The lowest BCUT2D eigenvalue weighted by Crippen LogP contribution is -2.28. The molecule has 122 valence electrons. The maximum absolute atomic E-state index is 13.8. The van der Waals surface area contributed by atoms with Gasteiger partial charge in [0.05, 0.1) is 17.6 Å². The average molecular weight is 323 g/mol. The number of para-hydroxylation sites is 2. The first-order valence-electron chi connectivity index (χ1n) is 8.06. The fraction of sp³-hybridized carbons (Fsp3) is 0.263. The Morgan fingerprint density at radius 1 is 1.25 bits per heavy atom. The Balaban J connectivity index is 1.44. The van der Waals surface area contributed by atoms with Crippen molar-refractivity contribution in [2.24, 2.45) is 5.92 Å². The second kappa shape index (κ2) is 5.74. The first-order chi connectivity index (χ1) is 11.6. The van der Waals surface area contributed by atoms with E-state index < -0.39 is 0 Å². The minimum absolute atomic E-state index is 0.00294. The zero-order valence-electron chi connectivity index (χ0n) is 13.4. The molecule has 0 aliphatic heterocycles. The number of nitrogens with zero attached hydrogens (tertiary/aromatic N) is 2. The molecule has 0 radical (unpaired) electrons. The largest absolute Gasteiger partial charge is 0.340 e. The summed E-state index contributed by atoms with van der Waals surface area (Å²) in [5.74, 6) is 0.449. The number of carbonyl (C=O) groups is 1. The van der Waals surface area contributed by atoms with Crippen LogP contribution in [0.5, 0.6) is 0 Å². The number of hydrogen-bond donors (Lipinski definition) is 1. The molecule has 4 nitrogen and oxygen atoms in total. The van der Waals surface area contributed by atoms with E-state index in [9.17, 15) is 9.18 Å². The molecule has 1 fully saturated rings. The van der Waals surface area contributed by atoms with Crippen LogP contribution >= 0.6 is 0 Å². The number of H-pyrrole nitrogens is 1. The number of carbonyl (C=O) groups excluding carboxylic acids is 1. The molecule has 1 N–H and O–H groups in total. The van der Waals surface area contributed by atoms with Crippen LogP contribution in [0.15, 0.2) is 48.5 Å². The quantitative estimate of drug-likeness (QED) is 0.799. The Bertz CT molecular complexity index is 871. The van der Waals surface area contributed by atoms with Gasteiger partial charge in [0.15, 0.2) is 0 Å². The number of amides is 1. The Hall–Kier alpha value is -2.69. The number of aromatic amines is 1. The van der Waals surface area contributed by atoms with E-state index in [-0.39, 0.29) is 23.6 Å². The third-order valence-corrected chi connectivity index (χ3v) is 4.61. The highest BCUT2D eigenvalue weighted by Gasteiger charge is 2.46. The highest BCUT2D eigenvalue weighted by atomic mass is 19.1. The van der Waals surface area contributed by atoms with Crippen LogP contribution in [0.1, 0.15) is 23.7 Å². The van der Waals surface area contributed by atoms with Gasteiger partial charge in [-0.05, 0) is 36.1 Å². The minimum Gasteiger partial charge on any atom is -0.340 e. The SMILES string of the molecule is CN(Cc1nc2ccccc2[nH]1)C(=O)[C@@H]1C[C@H]1c1ccccc1F. The summed E-state index contributed by atoms with van der Waals surface area (Å²) in [6.45, 7) is 0.425. The minimum atomic E-state index is -0.224. The molecular formula is C19H18FN3O. The Morgan fingerprint density at radius 2 is 2.00 bits per heavy atom. The van der Waals surface area contributed by atoms with E-state index in [1.807, 2.05) is 30.3 Å². The molecule has 1 saturated carbocycles. The molecule has 0 bridgehead atoms. The fourth-order valence-corrected chi connectivity index (χ4v) is 3.25. The van der Waals surface area contributed by atoms with Crippen molar-refractivity contribution in [3.63, 3.8) is 0 Å². The van der Waals surface area contributed by atoms with Crippen molar-refractivity contribution in [2.45, 2.75) is 18.9 Å². The molecule has 1 aromatic heterocycles. The van der Waals surface area contributed by atoms with E-state index in [1.165, 1.54) is 6.07 Å². The molecule has 1 aliphatic rings. The van der Waals surface area contributed by atoms with Crippen LogP contribution in [0.4, 0.5) is 4.39 Å². The Morgan fingerprint density at radius 3 is 2.79 bits per heavy atom. The van der Waals surface area contributed by atoms with Crippen LogP contribution in [0.2, 0.25) is 0 Å². The number of hydrogen-bond acceptors (Lipinski definition) is 2. The molecular weight excluding hydrogens is 305 g/mol. The molecule has 5 heteroatoms. The van der Waals surface area contributed by atoms with E-state index in [0.717, 1.165) is 16.9 Å². The number of rotatable bonds is 4. The highest BCUT2D eigenvalue weighted by molar-refractivity contribution is 5.83. The van der Waals surface area contributed by atoms with Gasteiger partial charge in [0.1, 0.15) is 11.6 Å². The number of halogens is 1. The van der Waals surface area contributed by atoms with Gasteiger partial charge < -0.3 is 9.88 Å². The number of benzene rings is 2.